The molecule has 0 nitrogen and oxygen atoms in total. The molecule has 0 aliphatic rings. The fourth-order valence-electron chi connectivity index (χ4n) is 1.56. The van der Waals surface area contributed by atoms with E-state index in [1.54, 1.807) is 0 Å². The molecule has 0 saturated heterocycles. The smallest absolute Gasteiger partial charge is 0.137 e. The minimum atomic E-state index is -0.537. The van der Waals surface area contributed by atoms with Crippen LogP contribution in [0, 0.1) is 17.5 Å². The van der Waals surface area contributed by atoms with Crippen LogP contribution in [-0.2, 0) is 0 Å². The predicted molar refractivity (Wildman–Crippen MR) is 71.2 cm³/mol. The monoisotopic (exact) mass is 378 g/mol. The first-order chi connectivity index (χ1) is 8.49. The average molecular weight is 380 g/mol. The van der Waals surface area contributed by atoms with Gasteiger partial charge in [0.15, 0.2) is 0 Å². The fourth-order valence-corrected chi connectivity index (χ4v) is 2.59. The highest BCUT2D eigenvalue weighted by atomic mass is 79.9. The predicted octanol–water partition coefficient (Wildman–Crippen LogP) is 5.35. The summed E-state index contributed by atoms with van der Waals surface area (Å²) in [5, 5.41) is 0. The molecule has 0 fully saturated rings. The van der Waals surface area contributed by atoms with Crippen molar-refractivity contribution < 1.29 is 13.2 Å². The summed E-state index contributed by atoms with van der Waals surface area (Å²) in [6.45, 7) is 0. The van der Waals surface area contributed by atoms with E-state index in [9.17, 15) is 13.2 Å². The molecule has 0 amide bonds. The number of alkyl halides is 1. The Morgan fingerprint density at radius 1 is 0.889 bits per heavy atom. The van der Waals surface area contributed by atoms with Gasteiger partial charge in [0.2, 0.25) is 0 Å². The van der Waals surface area contributed by atoms with Crippen LogP contribution in [0.25, 0.3) is 0 Å². The molecule has 0 aliphatic carbocycles. The van der Waals surface area contributed by atoms with Gasteiger partial charge in [-0.25, -0.2) is 13.2 Å². The van der Waals surface area contributed by atoms with E-state index in [-0.39, 0.29) is 10.0 Å². The maximum Gasteiger partial charge on any atom is 0.137 e. The molecule has 0 aromatic heterocycles. The molecule has 0 bridgehead atoms. The minimum absolute atomic E-state index is 0.175. The Morgan fingerprint density at radius 2 is 1.56 bits per heavy atom. The van der Waals surface area contributed by atoms with Gasteiger partial charge >= 0.3 is 0 Å². The standard InChI is InChI=1S/C13H7Br2F3/c14-10-5-7(1-3-12(10)18)13(15)9-6-8(16)2-4-11(9)17/h1-6,13H. The zero-order chi connectivity index (χ0) is 13.3. The third kappa shape index (κ3) is 2.78. The van der Waals surface area contributed by atoms with Crippen LogP contribution in [0.5, 0.6) is 0 Å². The van der Waals surface area contributed by atoms with Gasteiger partial charge in [0.1, 0.15) is 17.5 Å². The molecule has 0 saturated carbocycles. The lowest BCUT2D eigenvalue weighted by Crippen LogP contribution is -1.98. The largest absolute Gasteiger partial charge is 0.207 e. The molecule has 0 radical (unpaired) electrons. The SMILES string of the molecule is Fc1ccc(F)c(C(Br)c2ccc(F)c(Br)c2)c1. The van der Waals surface area contributed by atoms with E-state index in [4.69, 9.17) is 0 Å². The molecule has 2 aromatic carbocycles. The van der Waals surface area contributed by atoms with Crippen LogP contribution in [0.4, 0.5) is 13.2 Å². The zero-order valence-electron chi connectivity index (χ0n) is 8.93. The highest BCUT2D eigenvalue weighted by molar-refractivity contribution is 9.10. The molecule has 1 unspecified atom stereocenters. The van der Waals surface area contributed by atoms with Crippen molar-refractivity contribution in [2.75, 3.05) is 0 Å². The Kier molecular flexibility index (Phi) is 4.12. The van der Waals surface area contributed by atoms with Crippen LogP contribution >= 0.6 is 31.9 Å². The molecule has 0 spiro atoms. The Bertz CT molecular complexity index is 584. The van der Waals surface area contributed by atoms with Gasteiger partial charge in [-0.2, -0.15) is 0 Å². The van der Waals surface area contributed by atoms with Gasteiger partial charge in [0, 0.05) is 5.56 Å². The van der Waals surface area contributed by atoms with Crippen molar-refractivity contribution in [3.05, 3.63) is 69.4 Å². The first-order valence-corrected chi connectivity index (χ1v) is 6.74. The van der Waals surface area contributed by atoms with E-state index in [0.29, 0.717) is 5.56 Å². The molecule has 0 N–H and O–H groups in total. The lowest BCUT2D eigenvalue weighted by Gasteiger charge is -2.12. The summed E-state index contributed by atoms with van der Waals surface area (Å²) >= 11 is 6.34. The minimum Gasteiger partial charge on any atom is -0.207 e. The van der Waals surface area contributed by atoms with E-state index in [1.165, 1.54) is 18.2 Å². The molecule has 94 valence electrons. The number of benzene rings is 2. The summed E-state index contributed by atoms with van der Waals surface area (Å²) in [5.41, 5.74) is 0.807. The Labute approximate surface area is 119 Å². The second kappa shape index (κ2) is 5.45. The number of halogens is 5. The lowest BCUT2D eigenvalue weighted by molar-refractivity contribution is 0.588. The van der Waals surface area contributed by atoms with Gasteiger partial charge in [-0.1, -0.05) is 22.0 Å². The lowest BCUT2D eigenvalue weighted by atomic mass is 10.0. The van der Waals surface area contributed by atoms with Crippen LogP contribution in [0.3, 0.4) is 0 Å². The Balaban J connectivity index is 2.44. The van der Waals surface area contributed by atoms with Crippen molar-refractivity contribution in [3.63, 3.8) is 0 Å². The molecule has 2 aromatic rings. The van der Waals surface area contributed by atoms with Gasteiger partial charge < -0.3 is 0 Å². The molecule has 1 atom stereocenters. The van der Waals surface area contributed by atoms with Gasteiger partial charge in [-0.15, -0.1) is 0 Å². The van der Waals surface area contributed by atoms with E-state index in [2.05, 4.69) is 31.9 Å². The van der Waals surface area contributed by atoms with Crippen LogP contribution < -0.4 is 0 Å². The molecule has 5 heteroatoms. The molecular formula is C13H7Br2F3. The van der Waals surface area contributed by atoms with Crippen LogP contribution in [0.1, 0.15) is 16.0 Å². The van der Waals surface area contributed by atoms with Gasteiger partial charge in [-0.3, -0.25) is 0 Å². The van der Waals surface area contributed by atoms with Crippen LogP contribution in [0.15, 0.2) is 40.9 Å². The van der Waals surface area contributed by atoms with Crippen LogP contribution in [0.2, 0.25) is 0 Å². The summed E-state index contributed by atoms with van der Waals surface area (Å²) in [5.74, 6) is -1.44. The average Bonchev–Trinajstić information content (AvgIpc) is 2.35. The van der Waals surface area contributed by atoms with Crippen molar-refractivity contribution in [2.24, 2.45) is 0 Å². The maximum atomic E-state index is 13.6. The van der Waals surface area contributed by atoms with Crippen molar-refractivity contribution in [2.45, 2.75) is 4.83 Å². The van der Waals surface area contributed by atoms with Gasteiger partial charge in [0.25, 0.3) is 0 Å². The number of rotatable bonds is 2. The summed E-state index contributed by atoms with van der Waals surface area (Å²) in [7, 11) is 0. The first-order valence-electron chi connectivity index (χ1n) is 5.03. The molecule has 18 heavy (non-hydrogen) atoms. The highest BCUT2D eigenvalue weighted by Crippen LogP contribution is 2.34. The highest BCUT2D eigenvalue weighted by Gasteiger charge is 2.16. The molecule has 0 heterocycles. The number of hydrogen-bond acceptors (Lipinski definition) is 0. The van der Waals surface area contributed by atoms with E-state index < -0.39 is 22.3 Å². The topological polar surface area (TPSA) is 0 Å². The van der Waals surface area contributed by atoms with E-state index in [0.717, 1.165) is 18.2 Å². The first kappa shape index (κ1) is 13.6. The Morgan fingerprint density at radius 3 is 2.22 bits per heavy atom. The van der Waals surface area contributed by atoms with Gasteiger partial charge in [-0.05, 0) is 51.8 Å². The number of hydrogen-bond donors (Lipinski definition) is 0. The zero-order valence-corrected chi connectivity index (χ0v) is 12.1. The molecule has 2 rings (SSSR count). The quantitative estimate of drug-likeness (QED) is 0.617. The van der Waals surface area contributed by atoms with Crippen molar-refractivity contribution in [3.8, 4) is 0 Å². The van der Waals surface area contributed by atoms with Crippen molar-refractivity contribution in [1.29, 1.82) is 0 Å². The van der Waals surface area contributed by atoms with Gasteiger partial charge in [0.05, 0.1) is 9.30 Å². The Hall–Kier alpha value is -0.810. The van der Waals surface area contributed by atoms with Crippen molar-refractivity contribution >= 4 is 31.9 Å². The second-order valence-corrected chi connectivity index (χ2v) is 5.47. The molecule has 0 aliphatic heterocycles. The third-order valence-corrected chi connectivity index (χ3v) is 4.10. The van der Waals surface area contributed by atoms with E-state index >= 15 is 0 Å². The third-order valence-electron chi connectivity index (χ3n) is 2.47. The second-order valence-electron chi connectivity index (χ2n) is 3.70. The summed E-state index contributed by atoms with van der Waals surface area (Å²) in [6.07, 6.45) is 0. The summed E-state index contributed by atoms with van der Waals surface area (Å²) in [4.78, 5) is -0.537. The summed E-state index contributed by atoms with van der Waals surface area (Å²) < 4.78 is 40.1. The fraction of sp³-hybridized carbons (Fsp3) is 0.0769. The van der Waals surface area contributed by atoms with Crippen molar-refractivity contribution in [1.82, 2.24) is 0 Å². The maximum absolute atomic E-state index is 13.6. The summed E-state index contributed by atoms with van der Waals surface area (Å²) in [6, 6.07) is 7.55. The molecular weight excluding hydrogens is 373 g/mol. The normalized spacial score (nSPS) is 12.5. The van der Waals surface area contributed by atoms with Crippen LogP contribution in [-0.4, -0.2) is 0 Å². The van der Waals surface area contributed by atoms with E-state index in [1.807, 2.05) is 0 Å².